The summed E-state index contributed by atoms with van der Waals surface area (Å²) in [6.07, 6.45) is 0. The van der Waals surface area contributed by atoms with Crippen LogP contribution in [0.1, 0.15) is 30.5 Å². The Morgan fingerprint density at radius 3 is 2.62 bits per heavy atom. The fourth-order valence-corrected chi connectivity index (χ4v) is 1.66. The van der Waals surface area contributed by atoms with E-state index in [1.807, 2.05) is 18.2 Å². The summed E-state index contributed by atoms with van der Waals surface area (Å²) in [6.45, 7) is 4.98. The number of fused-ring (bicyclic) bond motifs is 1. The number of nitrogens with one attached hydrogen (secondary N) is 1. The largest absolute Gasteiger partial charge is 0.309 e. The van der Waals surface area contributed by atoms with Crippen molar-refractivity contribution in [3.05, 3.63) is 34.9 Å². The van der Waals surface area contributed by atoms with E-state index in [4.69, 9.17) is 0 Å². The highest BCUT2D eigenvalue weighted by Crippen LogP contribution is 2.27. The van der Waals surface area contributed by atoms with Gasteiger partial charge in [0.15, 0.2) is 0 Å². The topological polar surface area (TPSA) is 12.0 Å². The Morgan fingerprint density at radius 2 is 1.92 bits per heavy atom. The van der Waals surface area contributed by atoms with Crippen molar-refractivity contribution in [2.45, 2.75) is 32.6 Å². The zero-order chi connectivity index (χ0) is 9.47. The number of halogens is 1. The first-order valence-electron chi connectivity index (χ1n) is 4.59. The van der Waals surface area contributed by atoms with Gasteiger partial charge < -0.3 is 5.32 Å². The molecule has 1 N–H and O–H groups in total. The molecule has 1 nitrogen and oxygen atoms in total. The third kappa shape index (κ3) is 1.59. The molecule has 0 saturated heterocycles. The molecule has 1 aliphatic rings. The Labute approximate surface area is 78.0 Å². The highest BCUT2D eigenvalue weighted by atomic mass is 19.1. The van der Waals surface area contributed by atoms with Crippen molar-refractivity contribution in [2.24, 2.45) is 0 Å². The summed E-state index contributed by atoms with van der Waals surface area (Å²) in [7, 11) is 0. The van der Waals surface area contributed by atoms with Crippen LogP contribution >= 0.6 is 0 Å². The molecule has 0 spiro atoms. The van der Waals surface area contributed by atoms with Gasteiger partial charge in [-0.3, -0.25) is 0 Å². The van der Waals surface area contributed by atoms with Crippen LogP contribution in [0.5, 0.6) is 0 Å². The fraction of sp³-hybridized carbons (Fsp3) is 0.455. The standard InChI is InChI=1S/C11H14FN/c1-11(2,12)10-4-3-8-6-13-7-9(8)5-10/h3-5,13H,6-7H2,1-2H3. The molecule has 1 aromatic rings. The molecule has 2 rings (SSSR count). The molecule has 0 saturated carbocycles. The van der Waals surface area contributed by atoms with Crippen molar-refractivity contribution in [3.63, 3.8) is 0 Å². The highest BCUT2D eigenvalue weighted by Gasteiger charge is 2.20. The van der Waals surface area contributed by atoms with Gasteiger partial charge in [-0.15, -0.1) is 0 Å². The molecule has 2 heteroatoms. The van der Waals surface area contributed by atoms with Gasteiger partial charge in [-0.05, 0) is 30.5 Å². The first-order chi connectivity index (χ1) is 6.07. The van der Waals surface area contributed by atoms with Crippen LogP contribution in [0.3, 0.4) is 0 Å². The second kappa shape index (κ2) is 2.81. The van der Waals surface area contributed by atoms with Crippen LogP contribution in [0.15, 0.2) is 18.2 Å². The highest BCUT2D eigenvalue weighted by molar-refractivity contribution is 5.36. The number of rotatable bonds is 1. The number of hydrogen-bond acceptors (Lipinski definition) is 1. The fourth-order valence-electron chi connectivity index (χ4n) is 1.66. The average molecular weight is 179 g/mol. The maximum atomic E-state index is 13.6. The van der Waals surface area contributed by atoms with Gasteiger partial charge in [-0.1, -0.05) is 18.2 Å². The predicted molar refractivity (Wildman–Crippen MR) is 51.1 cm³/mol. The molecule has 1 heterocycles. The van der Waals surface area contributed by atoms with E-state index in [0.29, 0.717) is 0 Å². The van der Waals surface area contributed by atoms with Crippen LogP contribution in [-0.4, -0.2) is 0 Å². The quantitative estimate of drug-likeness (QED) is 0.698. The Morgan fingerprint density at radius 1 is 1.23 bits per heavy atom. The van der Waals surface area contributed by atoms with E-state index >= 15 is 0 Å². The predicted octanol–water partition coefficient (Wildman–Crippen LogP) is 2.49. The second-order valence-corrected chi connectivity index (χ2v) is 4.06. The molecular weight excluding hydrogens is 165 g/mol. The number of alkyl halides is 1. The zero-order valence-corrected chi connectivity index (χ0v) is 8.02. The minimum atomic E-state index is -1.22. The van der Waals surface area contributed by atoms with E-state index in [2.05, 4.69) is 5.32 Å². The van der Waals surface area contributed by atoms with Gasteiger partial charge in [0.05, 0.1) is 0 Å². The van der Waals surface area contributed by atoms with Crippen molar-refractivity contribution in [3.8, 4) is 0 Å². The maximum absolute atomic E-state index is 13.6. The van der Waals surface area contributed by atoms with Crippen molar-refractivity contribution >= 4 is 0 Å². The molecule has 70 valence electrons. The molecule has 1 aromatic carbocycles. The lowest BCUT2D eigenvalue weighted by Crippen LogP contribution is -2.09. The number of hydrogen-bond donors (Lipinski definition) is 1. The van der Waals surface area contributed by atoms with Crippen LogP contribution in [0.25, 0.3) is 0 Å². The Kier molecular flexibility index (Phi) is 1.88. The van der Waals surface area contributed by atoms with Gasteiger partial charge in [-0.2, -0.15) is 0 Å². The molecule has 1 aliphatic heterocycles. The first-order valence-corrected chi connectivity index (χ1v) is 4.59. The van der Waals surface area contributed by atoms with E-state index in [1.54, 1.807) is 13.8 Å². The minimum absolute atomic E-state index is 0.773. The summed E-state index contributed by atoms with van der Waals surface area (Å²) in [4.78, 5) is 0. The molecule has 0 aromatic heterocycles. The third-order valence-electron chi connectivity index (χ3n) is 2.52. The normalized spacial score (nSPS) is 15.9. The van der Waals surface area contributed by atoms with Gasteiger partial charge in [-0.25, -0.2) is 4.39 Å². The summed E-state index contributed by atoms with van der Waals surface area (Å²) in [6, 6.07) is 5.87. The summed E-state index contributed by atoms with van der Waals surface area (Å²) in [5.41, 5.74) is 2.09. The molecule has 0 unspecified atom stereocenters. The Balaban J connectivity index is 2.42. The van der Waals surface area contributed by atoms with E-state index in [9.17, 15) is 4.39 Å². The van der Waals surface area contributed by atoms with Crippen LogP contribution in [0.4, 0.5) is 4.39 Å². The molecule has 0 atom stereocenters. The summed E-state index contributed by atoms with van der Waals surface area (Å²) >= 11 is 0. The van der Waals surface area contributed by atoms with Gasteiger partial charge >= 0.3 is 0 Å². The minimum Gasteiger partial charge on any atom is -0.309 e. The summed E-state index contributed by atoms with van der Waals surface area (Å²) in [5, 5.41) is 3.24. The van der Waals surface area contributed by atoms with Crippen molar-refractivity contribution in [1.29, 1.82) is 0 Å². The second-order valence-electron chi connectivity index (χ2n) is 4.06. The lowest BCUT2D eigenvalue weighted by atomic mass is 9.96. The number of benzene rings is 1. The van der Waals surface area contributed by atoms with Crippen molar-refractivity contribution in [2.75, 3.05) is 0 Å². The smallest absolute Gasteiger partial charge is 0.130 e. The zero-order valence-electron chi connectivity index (χ0n) is 8.02. The van der Waals surface area contributed by atoms with Gasteiger partial charge in [0.25, 0.3) is 0 Å². The lowest BCUT2D eigenvalue weighted by molar-refractivity contribution is 0.221. The third-order valence-corrected chi connectivity index (χ3v) is 2.52. The Bertz CT molecular complexity index is 325. The summed E-state index contributed by atoms with van der Waals surface area (Å²) < 4.78 is 13.6. The van der Waals surface area contributed by atoms with E-state index in [0.717, 1.165) is 18.7 Å². The molecule has 0 radical (unpaired) electrons. The molecule has 0 amide bonds. The van der Waals surface area contributed by atoms with E-state index in [1.165, 1.54) is 11.1 Å². The summed E-state index contributed by atoms with van der Waals surface area (Å²) in [5.74, 6) is 0. The van der Waals surface area contributed by atoms with Crippen LogP contribution < -0.4 is 5.32 Å². The molecule has 0 aliphatic carbocycles. The van der Waals surface area contributed by atoms with E-state index in [-0.39, 0.29) is 0 Å². The molecule has 0 fully saturated rings. The van der Waals surface area contributed by atoms with Crippen molar-refractivity contribution < 1.29 is 4.39 Å². The van der Waals surface area contributed by atoms with Gasteiger partial charge in [0.2, 0.25) is 0 Å². The van der Waals surface area contributed by atoms with Crippen LogP contribution in [0, 0.1) is 0 Å². The molecule has 13 heavy (non-hydrogen) atoms. The maximum Gasteiger partial charge on any atom is 0.130 e. The van der Waals surface area contributed by atoms with Gasteiger partial charge in [0, 0.05) is 13.1 Å². The van der Waals surface area contributed by atoms with Crippen LogP contribution in [-0.2, 0) is 18.8 Å². The molecular formula is C11H14FN. The average Bonchev–Trinajstić information content (AvgIpc) is 2.47. The SMILES string of the molecule is CC(C)(F)c1ccc2c(c1)CNC2. The Hall–Kier alpha value is -0.890. The monoisotopic (exact) mass is 179 g/mol. The molecule has 0 bridgehead atoms. The van der Waals surface area contributed by atoms with E-state index < -0.39 is 5.67 Å². The first kappa shape index (κ1) is 8.70. The van der Waals surface area contributed by atoms with Crippen molar-refractivity contribution in [1.82, 2.24) is 5.32 Å². The van der Waals surface area contributed by atoms with Gasteiger partial charge in [0.1, 0.15) is 5.67 Å². The lowest BCUT2D eigenvalue weighted by Gasteiger charge is -2.15. The van der Waals surface area contributed by atoms with Crippen LogP contribution in [0.2, 0.25) is 0 Å².